The summed E-state index contributed by atoms with van der Waals surface area (Å²) < 4.78 is 28.8. The lowest BCUT2D eigenvalue weighted by atomic mass is 10.3. The molecule has 0 atom stereocenters. The fourth-order valence-electron chi connectivity index (χ4n) is 2.08. The molecule has 0 saturated carbocycles. The molecule has 0 aromatic rings. The fourth-order valence-corrected chi connectivity index (χ4v) is 3.06. The van der Waals surface area contributed by atoms with Gasteiger partial charge in [0.05, 0.1) is 30.3 Å². The summed E-state index contributed by atoms with van der Waals surface area (Å²) in [5.74, 6) is 0.773. The summed E-state index contributed by atoms with van der Waals surface area (Å²) in [5, 5.41) is 6.25. The number of ether oxygens (including phenoxy) is 1. The molecule has 0 aromatic carbocycles. The van der Waals surface area contributed by atoms with Gasteiger partial charge in [0.2, 0.25) is 0 Å². The highest BCUT2D eigenvalue weighted by atomic mass is 32.2. The average molecular weight is 349 g/mol. The van der Waals surface area contributed by atoms with Crippen molar-refractivity contribution >= 4 is 15.8 Å². The smallest absolute Gasteiger partial charge is 0.191 e. The standard InChI is InChI=1S/C15H32N4O3S/c1-5-16-14(17-6-8-19-9-11-22-12-10-19)18-7-13-23(20,21)15(2,3)4/h5-13H2,1-4H3,(H2,16,17,18). The highest BCUT2D eigenvalue weighted by Crippen LogP contribution is 2.15. The van der Waals surface area contributed by atoms with Crippen molar-refractivity contribution in [2.24, 2.45) is 4.99 Å². The van der Waals surface area contributed by atoms with Gasteiger partial charge in [-0.3, -0.25) is 9.89 Å². The largest absolute Gasteiger partial charge is 0.379 e. The Balaban J connectivity index is 2.40. The number of nitrogens with one attached hydrogen (secondary N) is 2. The van der Waals surface area contributed by atoms with Crippen molar-refractivity contribution in [1.82, 2.24) is 15.5 Å². The molecule has 1 fully saturated rings. The molecule has 0 aromatic heterocycles. The lowest BCUT2D eigenvalue weighted by Crippen LogP contribution is -2.42. The summed E-state index contributed by atoms with van der Waals surface area (Å²) in [6.07, 6.45) is 0. The van der Waals surface area contributed by atoms with Crippen LogP contribution in [-0.2, 0) is 14.6 Å². The second kappa shape index (κ2) is 9.44. The molecule has 1 heterocycles. The summed E-state index contributed by atoms with van der Waals surface area (Å²) in [4.78, 5) is 6.83. The van der Waals surface area contributed by atoms with Gasteiger partial charge < -0.3 is 15.4 Å². The normalized spacial score (nSPS) is 18.0. The fraction of sp³-hybridized carbons (Fsp3) is 0.933. The number of hydrogen-bond donors (Lipinski definition) is 2. The highest BCUT2D eigenvalue weighted by Gasteiger charge is 2.28. The van der Waals surface area contributed by atoms with E-state index in [1.807, 2.05) is 6.92 Å². The van der Waals surface area contributed by atoms with Crippen molar-refractivity contribution in [2.75, 3.05) is 58.2 Å². The van der Waals surface area contributed by atoms with Crippen LogP contribution >= 0.6 is 0 Å². The molecule has 0 aliphatic carbocycles. The van der Waals surface area contributed by atoms with Gasteiger partial charge in [-0.05, 0) is 27.7 Å². The maximum Gasteiger partial charge on any atom is 0.191 e. The van der Waals surface area contributed by atoms with Crippen LogP contribution in [0.2, 0.25) is 0 Å². The van der Waals surface area contributed by atoms with Gasteiger partial charge in [0.1, 0.15) is 0 Å². The van der Waals surface area contributed by atoms with E-state index >= 15 is 0 Å². The molecular formula is C15H32N4O3S. The minimum Gasteiger partial charge on any atom is -0.379 e. The molecule has 1 rings (SSSR count). The van der Waals surface area contributed by atoms with Crippen LogP contribution in [0.4, 0.5) is 0 Å². The van der Waals surface area contributed by atoms with E-state index in [9.17, 15) is 8.42 Å². The molecule has 136 valence electrons. The molecule has 1 aliphatic heterocycles. The first kappa shape index (κ1) is 20.2. The van der Waals surface area contributed by atoms with Crippen molar-refractivity contribution in [3.8, 4) is 0 Å². The third-order valence-electron chi connectivity index (χ3n) is 3.73. The van der Waals surface area contributed by atoms with Crippen LogP contribution in [-0.4, -0.2) is 82.3 Å². The van der Waals surface area contributed by atoms with E-state index in [2.05, 4.69) is 20.5 Å². The Labute approximate surface area is 140 Å². The number of sulfone groups is 1. The number of guanidine groups is 1. The topological polar surface area (TPSA) is 83.0 Å². The monoisotopic (exact) mass is 348 g/mol. The molecule has 7 nitrogen and oxygen atoms in total. The first-order valence-corrected chi connectivity index (χ1v) is 9.96. The zero-order chi connectivity index (χ0) is 17.3. The predicted molar refractivity (Wildman–Crippen MR) is 94.8 cm³/mol. The van der Waals surface area contributed by atoms with E-state index in [4.69, 9.17) is 4.74 Å². The second-order valence-electron chi connectivity index (χ2n) is 6.57. The Hall–Kier alpha value is -0.860. The third-order valence-corrected chi connectivity index (χ3v) is 6.34. The molecule has 2 N–H and O–H groups in total. The quantitative estimate of drug-likeness (QED) is 0.501. The molecule has 0 spiro atoms. The van der Waals surface area contributed by atoms with Crippen LogP contribution in [0.1, 0.15) is 27.7 Å². The number of aliphatic imine (C=N–C) groups is 1. The number of nitrogens with zero attached hydrogens (tertiary/aromatic N) is 2. The molecular weight excluding hydrogens is 316 g/mol. The maximum absolute atomic E-state index is 12.1. The first-order valence-electron chi connectivity index (χ1n) is 8.31. The predicted octanol–water partition coefficient (Wildman–Crippen LogP) is 0.0870. The van der Waals surface area contributed by atoms with E-state index in [1.54, 1.807) is 20.8 Å². The van der Waals surface area contributed by atoms with Crippen molar-refractivity contribution in [1.29, 1.82) is 0 Å². The number of hydrogen-bond acceptors (Lipinski definition) is 5. The Kier molecular flexibility index (Phi) is 8.28. The van der Waals surface area contributed by atoms with Gasteiger partial charge >= 0.3 is 0 Å². The van der Waals surface area contributed by atoms with Gasteiger partial charge in [0, 0.05) is 32.7 Å². The minimum atomic E-state index is -3.11. The Morgan fingerprint density at radius 2 is 1.87 bits per heavy atom. The Bertz CT molecular complexity index is 466. The summed E-state index contributed by atoms with van der Waals surface area (Å²) >= 11 is 0. The van der Waals surface area contributed by atoms with Crippen molar-refractivity contribution < 1.29 is 13.2 Å². The van der Waals surface area contributed by atoms with Crippen molar-refractivity contribution in [2.45, 2.75) is 32.4 Å². The van der Waals surface area contributed by atoms with Gasteiger partial charge in [0.25, 0.3) is 0 Å². The molecule has 0 amide bonds. The van der Waals surface area contributed by atoms with Crippen LogP contribution in [0, 0.1) is 0 Å². The van der Waals surface area contributed by atoms with Crippen LogP contribution in [0.15, 0.2) is 4.99 Å². The Morgan fingerprint density at radius 3 is 2.43 bits per heavy atom. The van der Waals surface area contributed by atoms with Crippen LogP contribution in [0.5, 0.6) is 0 Å². The van der Waals surface area contributed by atoms with Crippen LogP contribution in [0.3, 0.4) is 0 Å². The summed E-state index contributed by atoms with van der Waals surface area (Å²) in [6, 6.07) is 0. The van der Waals surface area contributed by atoms with E-state index in [0.29, 0.717) is 19.0 Å². The summed E-state index contributed by atoms with van der Waals surface area (Å²) in [5.41, 5.74) is 0. The zero-order valence-corrected chi connectivity index (χ0v) is 15.7. The van der Waals surface area contributed by atoms with Crippen molar-refractivity contribution in [3.63, 3.8) is 0 Å². The van der Waals surface area contributed by atoms with Gasteiger partial charge in [-0.1, -0.05) is 0 Å². The highest BCUT2D eigenvalue weighted by molar-refractivity contribution is 7.92. The first-order chi connectivity index (χ1) is 10.8. The third kappa shape index (κ3) is 7.50. The van der Waals surface area contributed by atoms with Crippen LogP contribution < -0.4 is 10.6 Å². The number of morpholine rings is 1. The van der Waals surface area contributed by atoms with Gasteiger partial charge in [0.15, 0.2) is 15.8 Å². The number of rotatable bonds is 7. The average Bonchev–Trinajstić information content (AvgIpc) is 2.47. The van der Waals surface area contributed by atoms with Crippen LogP contribution in [0.25, 0.3) is 0 Å². The molecule has 23 heavy (non-hydrogen) atoms. The maximum atomic E-state index is 12.1. The summed E-state index contributed by atoms with van der Waals surface area (Å²) in [6.45, 7) is 13.3. The van der Waals surface area contributed by atoms with Gasteiger partial charge in [-0.15, -0.1) is 0 Å². The van der Waals surface area contributed by atoms with Gasteiger partial charge in [-0.25, -0.2) is 8.42 Å². The zero-order valence-electron chi connectivity index (χ0n) is 14.9. The van der Waals surface area contributed by atoms with Gasteiger partial charge in [-0.2, -0.15) is 0 Å². The SMILES string of the molecule is CCNC(=NCCN1CCOCC1)NCCS(=O)(=O)C(C)(C)C. The molecule has 0 unspecified atom stereocenters. The molecule has 0 radical (unpaired) electrons. The Morgan fingerprint density at radius 1 is 1.22 bits per heavy atom. The molecule has 1 saturated heterocycles. The lowest BCUT2D eigenvalue weighted by molar-refractivity contribution is 0.0394. The van der Waals surface area contributed by atoms with E-state index < -0.39 is 14.6 Å². The molecule has 0 bridgehead atoms. The van der Waals surface area contributed by atoms with E-state index in [0.717, 1.165) is 39.4 Å². The van der Waals surface area contributed by atoms with E-state index in [1.165, 1.54) is 0 Å². The molecule has 8 heteroatoms. The minimum absolute atomic E-state index is 0.102. The van der Waals surface area contributed by atoms with E-state index in [-0.39, 0.29) is 5.75 Å². The second-order valence-corrected chi connectivity index (χ2v) is 9.44. The molecule has 1 aliphatic rings. The van der Waals surface area contributed by atoms with Crippen molar-refractivity contribution in [3.05, 3.63) is 0 Å². The lowest BCUT2D eigenvalue weighted by Gasteiger charge is -2.25. The summed E-state index contributed by atoms with van der Waals surface area (Å²) in [7, 11) is -3.11.